The van der Waals surface area contributed by atoms with Gasteiger partial charge in [-0.3, -0.25) is 14.5 Å². The number of ketones is 1. The van der Waals surface area contributed by atoms with Crippen LogP contribution in [0.3, 0.4) is 0 Å². The van der Waals surface area contributed by atoms with Crippen LogP contribution in [0, 0.1) is 13.8 Å². The largest absolute Gasteiger partial charge is 0.497 e. The first-order valence-electron chi connectivity index (χ1n) is 14.4. The number of hydrogen-bond donors (Lipinski definition) is 0. The maximum atomic E-state index is 13.2. The third-order valence-electron chi connectivity index (χ3n) is 8.32. The number of carbonyl (C=O) groups is 2. The van der Waals surface area contributed by atoms with Crippen molar-refractivity contribution in [1.29, 1.82) is 0 Å². The molecule has 2 heterocycles. The molecule has 2 fully saturated rings. The first kappa shape index (κ1) is 31.0. The van der Waals surface area contributed by atoms with Gasteiger partial charge in [0.15, 0.2) is 0 Å². The Hall–Kier alpha value is -2.95. The van der Waals surface area contributed by atoms with Crippen molar-refractivity contribution in [1.82, 2.24) is 14.1 Å². The van der Waals surface area contributed by atoms with Crippen molar-refractivity contribution in [3.8, 4) is 5.75 Å². The molecule has 1 amide bonds. The fourth-order valence-corrected chi connectivity index (χ4v) is 7.55. The SMILES string of the molecule is COc1cc(C)c(S(=O)(=O)N(C)CC(=O)CCC(=O)N(C)Cc2ccc(N3CCC(N4CCCC4)C3)cc2)c(C)c1. The summed E-state index contributed by atoms with van der Waals surface area (Å²) < 4.78 is 32.7. The number of likely N-dealkylation sites (tertiary alicyclic amines) is 1. The van der Waals surface area contributed by atoms with Gasteiger partial charge in [-0.25, -0.2) is 8.42 Å². The molecular weight excluding hydrogens is 540 g/mol. The highest BCUT2D eigenvalue weighted by Gasteiger charge is 2.30. The topological polar surface area (TPSA) is 90.5 Å². The van der Waals surface area contributed by atoms with Gasteiger partial charge >= 0.3 is 0 Å². The first-order chi connectivity index (χ1) is 19.5. The molecule has 2 aromatic rings. The van der Waals surface area contributed by atoms with Gasteiger partial charge in [0.25, 0.3) is 0 Å². The highest BCUT2D eigenvalue weighted by atomic mass is 32.2. The Morgan fingerprint density at radius 1 is 0.976 bits per heavy atom. The molecular formula is C31H44N4O5S. The fourth-order valence-electron chi connectivity index (χ4n) is 6.00. The van der Waals surface area contributed by atoms with Gasteiger partial charge in [-0.15, -0.1) is 0 Å². The number of benzene rings is 2. The Labute approximate surface area is 245 Å². The van der Waals surface area contributed by atoms with Crippen LogP contribution in [0.4, 0.5) is 5.69 Å². The van der Waals surface area contributed by atoms with E-state index in [1.54, 1.807) is 37.9 Å². The zero-order chi connectivity index (χ0) is 29.7. The van der Waals surface area contributed by atoms with Crippen LogP contribution < -0.4 is 9.64 Å². The van der Waals surface area contributed by atoms with E-state index < -0.39 is 10.0 Å². The smallest absolute Gasteiger partial charge is 0.243 e. The van der Waals surface area contributed by atoms with E-state index in [-0.39, 0.29) is 36.0 Å². The minimum Gasteiger partial charge on any atom is -0.497 e. The van der Waals surface area contributed by atoms with Gasteiger partial charge in [0, 0.05) is 58.3 Å². The molecule has 41 heavy (non-hydrogen) atoms. The maximum absolute atomic E-state index is 13.2. The number of Topliss-reactive ketones (excluding diaryl/α,β-unsaturated/α-hetero) is 1. The number of sulfonamides is 1. The average Bonchev–Trinajstić information content (AvgIpc) is 3.64. The zero-order valence-corrected chi connectivity index (χ0v) is 25.9. The van der Waals surface area contributed by atoms with E-state index in [2.05, 4.69) is 34.1 Å². The van der Waals surface area contributed by atoms with Gasteiger partial charge in [-0.05, 0) is 87.2 Å². The van der Waals surface area contributed by atoms with E-state index in [1.165, 1.54) is 52.2 Å². The standard InChI is InChI=1S/C31H44N4O5S/c1-23-18-29(40-5)19-24(2)31(23)41(38,39)33(4)22-28(36)12-13-30(37)32(3)20-25-8-10-26(11-9-25)35-17-14-27(21-35)34-15-6-7-16-34/h8-11,18-19,27H,6-7,12-17,20-22H2,1-5H3. The number of anilines is 1. The second-order valence-electron chi connectivity index (χ2n) is 11.4. The summed E-state index contributed by atoms with van der Waals surface area (Å²) in [4.78, 5) is 32.3. The van der Waals surface area contributed by atoms with Gasteiger partial charge in [-0.1, -0.05) is 12.1 Å². The molecule has 0 N–H and O–H groups in total. The van der Waals surface area contributed by atoms with Crippen LogP contribution in [0.5, 0.6) is 5.75 Å². The highest BCUT2D eigenvalue weighted by Crippen LogP contribution is 2.28. The lowest BCUT2D eigenvalue weighted by atomic mass is 10.1. The summed E-state index contributed by atoms with van der Waals surface area (Å²) in [5.41, 5.74) is 3.35. The Balaban J connectivity index is 1.24. The highest BCUT2D eigenvalue weighted by molar-refractivity contribution is 7.89. The normalized spacial score (nSPS) is 17.8. The number of hydrogen-bond acceptors (Lipinski definition) is 7. The molecule has 4 rings (SSSR count). The molecule has 0 aromatic heterocycles. The second kappa shape index (κ2) is 13.4. The Morgan fingerprint density at radius 2 is 1.61 bits per heavy atom. The molecule has 224 valence electrons. The fraction of sp³-hybridized carbons (Fsp3) is 0.548. The van der Waals surface area contributed by atoms with Crippen molar-refractivity contribution in [3.63, 3.8) is 0 Å². The summed E-state index contributed by atoms with van der Waals surface area (Å²) in [7, 11) is 0.772. The predicted molar refractivity (Wildman–Crippen MR) is 161 cm³/mol. The predicted octanol–water partition coefficient (Wildman–Crippen LogP) is 3.61. The molecule has 2 aromatic carbocycles. The molecule has 0 spiro atoms. The summed E-state index contributed by atoms with van der Waals surface area (Å²) in [6.07, 6.45) is 3.85. The summed E-state index contributed by atoms with van der Waals surface area (Å²) in [6, 6.07) is 12.4. The van der Waals surface area contributed by atoms with Crippen LogP contribution in [0.25, 0.3) is 0 Å². The second-order valence-corrected chi connectivity index (χ2v) is 13.4. The summed E-state index contributed by atoms with van der Waals surface area (Å²) >= 11 is 0. The molecule has 2 saturated heterocycles. The Morgan fingerprint density at radius 3 is 2.22 bits per heavy atom. The van der Waals surface area contributed by atoms with E-state index in [4.69, 9.17) is 4.74 Å². The van der Waals surface area contributed by atoms with Crippen molar-refractivity contribution in [2.45, 2.75) is 63.4 Å². The van der Waals surface area contributed by atoms with Gasteiger partial charge in [0.1, 0.15) is 11.5 Å². The van der Waals surface area contributed by atoms with Crippen LogP contribution in [-0.2, 0) is 26.2 Å². The maximum Gasteiger partial charge on any atom is 0.243 e. The van der Waals surface area contributed by atoms with Gasteiger partial charge < -0.3 is 14.5 Å². The number of amides is 1. The number of aryl methyl sites for hydroxylation is 2. The molecule has 10 heteroatoms. The monoisotopic (exact) mass is 584 g/mol. The lowest BCUT2D eigenvalue weighted by molar-refractivity contribution is -0.132. The van der Waals surface area contributed by atoms with Gasteiger partial charge in [0.05, 0.1) is 18.6 Å². The summed E-state index contributed by atoms with van der Waals surface area (Å²) in [5.74, 6) is 0.125. The number of rotatable bonds is 12. The molecule has 2 aliphatic heterocycles. The van der Waals surface area contributed by atoms with E-state index in [9.17, 15) is 18.0 Å². The molecule has 0 bridgehead atoms. The lowest BCUT2D eigenvalue weighted by Gasteiger charge is -2.24. The lowest BCUT2D eigenvalue weighted by Crippen LogP contribution is -2.35. The molecule has 0 saturated carbocycles. The molecule has 1 unspecified atom stereocenters. The number of likely N-dealkylation sites (N-methyl/N-ethyl adjacent to an activating group) is 1. The van der Waals surface area contributed by atoms with Gasteiger partial charge in [-0.2, -0.15) is 4.31 Å². The van der Waals surface area contributed by atoms with Crippen LogP contribution in [0.15, 0.2) is 41.3 Å². The van der Waals surface area contributed by atoms with E-state index in [0.29, 0.717) is 29.5 Å². The average molecular weight is 585 g/mol. The minimum atomic E-state index is -3.88. The Kier molecular flexibility index (Phi) is 10.1. The molecule has 9 nitrogen and oxygen atoms in total. The summed E-state index contributed by atoms with van der Waals surface area (Å²) in [5, 5.41) is 0. The van der Waals surface area contributed by atoms with Crippen molar-refractivity contribution in [2.24, 2.45) is 0 Å². The van der Waals surface area contributed by atoms with E-state index in [0.717, 1.165) is 23.0 Å². The quantitative estimate of drug-likeness (QED) is 0.377. The Bertz CT molecular complexity index is 1320. The van der Waals surface area contributed by atoms with Crippen LogP contribution in [-0.4, -0.2) is 94.2 Å². The van der Waals surface area contributed by atoms with E-state index >= 15 is 0 Å². The third kappa shape index (κ3) is 7.47. The molecule has 0 radical (unpaired) electrons. The third-order valence-corrected chi connectivity index (χ3v) is 10.4. The van der Waals surface area contributed by atoms with Crippen molar-refractivity contribution >= 4 is 27.4 Å². The van der Waals surface area contributed by atoms with Crippen LogP contribution in [0.1, 0.15) is 48.8 Å². The van der Waals surface area contributed by atoms with Crippen molar-refractivity contribution in [3.05, 3.63) is 53.1 Å². The summed E-state index contributed by atoms with van der Waals surface area (Å²) in [6.45, 7) is 8.17. The number of carbonyl (C=O) groups excluding carboxylic acids is 2. The van der Waals surface area contributed by atoms with Crippen LogP contribution in [0.2, 0.25) is 0 Å². The first-order valence-corrected chi connectivity index (χ1v) is 15.9. The minimum absolute atomic E-state index is 0.0182. The van der Waals surface area contributed by atoms with Crippen molar-refractivity contribution in [2.75, 3.05) is 58.8 Å². The number of nitrogens with zero attached hydrogens (tertiary/aromatic N) is 4. The molecule has 1 atom stereocenters. The zero-order valence-electron chi connectivity index (χ0n) is 25.1. The molecule has 2 aliphatic rings. The molecule has 0 aliphatic carbocycles. The number of methoxy groups -OCH3 is 1. The van der Waals surface area contributed by atoms with Crippen molar-refractivity contribution < 1.29 is 22.7 Å². The van der Waals surface area contributed by atoms with Crippen LogP contribution >= 0.6 is 0 Å². The van der Waals surface area contributed by atoms with E-state index in [1.807, 2.05) is 0 Å². The number of ether oxygens (including phenoxy) is 1. The van der Waals surface area contributed by atoms with Gasteiger partial charge in [0.2, 0.25) is 15.9 Å².